The van der Waals surface area contributed by atoms with Crippen LogP contribution in [0.1, 0.15) is 12.8 Å². The second-order valence-corrected chi connectivity index (χ2v) is 16.2. The van der Waals surface area contributed by atoms with E-state index in [1.54, 1.807) is 0 Å². The minimum Gasteiger partial charge on any atom is -0.395 e. The fourth-order valence-electron chi connectivity index (χ4n) is 4.50. The number of hydrogen-bond acceptors (Lipinski definition) is 7. The van der Waals surface area contributed by atoms with E-state index in [9.17, 15) is 119 Å². The van der Waals surface area contributed by atoms with Crippen LogP contribution < -0.4 is 0 Å². The quantitative estimate of drug-likeness (QED) is 0.0639. The molecule has 0 aromatic carbocycles. The van der Waals surface area contributed by atoms with Crippen LogP contribution in [0.5, 0.6) is 0 Å². The van der Waals surface area contributed by atoms with Gasteiger partial charge in [0.1, 0.15) is 12.6 Å². The molecule has 350 valence electrons. The second-order valence-electron chi connectivity index (χ2n) is 12.7. The van der Waals surface area contributed by atoms with Crippen LogP contribution in [0.15, 0.2) is 0 Å². The molecule has 0 heterocycles. The van der Waals surface area contributed by atoms with Gasteiger partial charge in [-0.2, -0.15) is 114 Å². The van der Waals surface area contributed by atoms with E-state index in [0.29, 0.717) is 0 Å². The predicted octanol–water partition coefficient (Wildman–Crippen LogP) is 4.95. The van der Waals surface area contributed by atoms with Crippen molar-refractivity contribution in [1.82, 2.24) is 4.31 Å². The van der Waals surface area contributed by atoms with Crippen LogP contribution in [-0.2, 0) is 20.1 Å². The molecular formula is C23H28F23N2O8S2+. The van der Waals surface area contributed by atoms with E-state index in [4.69, 9.17) is 9.66 Å². The highest BCUT2D eigenvalue weighted by atomic mass is 32.2. The molecule has 0 aromatic heterocycles. The van der Waals surface area contributed by atoms with E-state index in [0.717, 1.165) is 14.1 Å². The monoisotopic (exact) mass is 961 g/mol. The zero-order valence-corrected chi connectivity index (χ0v) is 29.8. The SMILES string of the molecule is C[N+](C)(CCC(CO)N(CCCS(=O)(=O)O)S(=O)(=O)C(F)(F)C(F)(F)C(F)(F)C(F)(F)C(F)(F)C(F)(F)C(F)(F)C(F)(F)C(F)(F)C(F)(F)C(F)(F)F)CC(O)CO. The molecule has 58 heavy (non-hydrogen) atoms. The summed E-state index contributed by atoms with van der Waals surface area (Å²) < 4.78 is 374. The summed E-state index contributed by atoms with van der Waals surface area (Å²) in [5, 5.41) is 19.9. The van der Waals surface area contributed by atoms with Crippen molar-refractivity contribution in [3.05, 3.63) is 0 Å². The zero-order chi connectivity index (χ0) is 47.4. The number of likely N-dealkylation sites (N-methyl/N-ethyl adjacent to an activating group) is 1. The number of nitrogens with zero attached hydrogens (tertiary/aromatic N) is 2. The first-order valence-corrected chi connectivity index (χ1v) is 17.5. The molecular weight excluding hydrogens is 933 g/mol. The lowest BCUT2D eigenvalue weighted by Gasteiger charge is -2.45. The average Bonchev–Trinajstić information content (AvgIpc) is 3.01. The van der Waals surface area contributed by atoms with Gasteiger partial charge >= 0.3 is 64.7 Å². The molecule has 0 saturated carbocycles. The zero-order valence-electron chi connectivity index (χ0n) is 28.1. The molecule has 0 bridgehead atoms. The molecule has 0 aromatic rings. The second kappa shape index (κ2) is 16.4. The van der Waals surface area contributed by atoms with Gasteiger partial charge in [-0.15, -0.1) is 0 Å². The highest BCUT2D eigenvalue weighted by Crippen LogP contribution is 2.67. The number of quaternary nitrogens is 1. The Morgan fingerprint density at radius 1 is 0.552 bits per heavy atom. The summed E-state index contributed by atoms with van der Waals surface area (Å²) in [7, 11) is -11.4. The Bertz CT molecular complexity index is 1640. The van der Waals surface area contributed by atoms with E-state index in [2.05, 4.69) is 0 Å². The minimum absolute atomic E-state index is 0.591. The number of rotatable bonds is 23. The molecule has 2 atom stereocenters. The average molecular weight is 962 g/mol. The van der Waals surface area contributed by atoms with Gasteiger partial charge < -0.3 is 19.8 Å². The van der Waals surface area contributed by atoms with E-state index in [1.807, 2.05) is 0 Å². The molecule has 35 heteroatoms. The summed E-state index contributed by atoms with van der Waals surface area (Å²) >= 11 is 0. The lowest BCUT2D eigenvalue weighted by Crippen LogP contribution is -2.78. The van der Waals surface area contributed by atoms with Gasteiger partial charge in [0.05, 0.1) is 45.6 Å². The summed E-state index contributed by atoms with van der Waals surface area (Å²) in [4.78, 5) is 0. The summed E-state index contributed by atoms with van der Waals surface area (Å²) in [5.74, 6) is -86.3. The lowest BCUT2D eigenvalue weighted by atomic mass is 9.86. The molecule has 0 fully saturated rings. The first-order valence-electron chi connectivity index (χ1n) is 14.5. The highest BCUT2D eigenvalue weighted by Gasteiger charge is 2.99. The van der Waals surface area contributed by atoms with Gasteiger partial charge in [0.25, 0.3) is 20.1 Å². The van der Waals surface area contributed by atoms with Crippen molar-refractivity contribution in [2.75, 3.05) is 52.7 Å². The van der Waals surface area contributed by atoms with Crippen molar-refractivity contribution in [3.8, 4) is 0 Å². The van der Waals surface area contributed by atoms with Crippen LogP contribution in [0, 0.1) is 0 Å². The number of aliphatic hydroxyl groups is 3. The number of sulfonamides is 1. The predicted molar refractivity (Wildman–Crippen MR) is 143 cm³/mol. The first-order chi connectivity index (χ1) is 25.0. The molecule has 0 aliphatic rings. The Labute approximate surface area is 309 Å². The maximum Gasteiger partial charge on any atom is 0.460 e. The Kier molecular flexibility index (Phi) is 15.8. The van der Waals surface area contributed by atoms with E-state index >= 15 is 8.78 Å². The molecule has 0 aliphatic carbocycles. The molecule has 0 aliphatic heterocycles. The Morgan fingerprint density at radius 2 is 0.879 bits per heavy atom. The standard InChI is InChI=1S/C23H27F23N2O8S2/c1-48(2,8-12(51)10-50)6-4-11(9-49)47(5-3-7-57(52,53)54)58(55,56)23(45,46)21(40,41)19(36,37)17(32,33)15(28,29)13(24,25)14(26,27)16(30,31)18(34,35)20(38,39)22(42,43)44/h11-12,49-51H,3-10H2,1-2H3/p+1. The molecule has 0 saturated heterocycles. The summed E-state index contributed by atoms with van der Waals surface area (Å²) in [6, 6.07) is -2.81. The Balaban J connectivity index is 7.64. The topological polar surface area (TPSA) is 152 Å². The fraction of sp³-hybridized carbons (Fsp3) is 1.00. The number of hydrogen-bond donors (Lipinski definition) is 4. The van der Waals surface area contributed by atoms with Crippen molar-refractivity contribution in [3.63, 3.8) is 0 Å². The molecule has 0 rings (SSSR count). The summed E-state index contributed by atoms with van der Waals surface area (Å²) in [6.45, 7) is -6.51. The third-order valence-electron chi connectivity index (χ3n) is 7.89. The number of halogens is 23. The van der Waals surface area contributed by atoms with Crippen molar-refractivity contribution in [2.24, 2.45) is 0 Å². The van der Waals surface area contributed by atoms with Crippen molar-refractivity contribution >= 4 is 20.1 Å². The Hall–Kier alpha value is -1.95. The largest absolute Gasteiger partial charge is 0.460 e. The van der Waals surface area contributed by atoms with Crippen LogP contribution >= 0.6 is 0 Å². The van der Waals surface area contributed by atoms with Crippen LogP contribution in [0.25, 0.3) is 0 Å². The number of alkyl halides is 23. The first kappa shape index (κ1) is 56.0. The van der Waals surface area contributed by atoms with Gasteiger partial charge in [-0.1, -0.05) is 0 Å². The van der Waals surface area contributed by atoms with Crippen LogP contribution in [-0.4, -0.2) is 175 Å². The lowest BCUT2D eigenvalue weighted by molar-refractivity contribution is -0.893. The van der Waals surface area contributed by atoms with Crippen LogP contribution in [0.4, 0.5) is 101 Å². The summed E-state index contributed by atoms with van der Waals surface area (Å²) in [5.41, 5.74) is 0. The normalized spacial score (nSPS) is 17.2. The van der Waals surface area contributed by atoms with Gasteiger partial charge in [-0.05, 0) is 6.42 Å². The van der Waals surface area contributed by atoms with E-state index < -0.39 is 157 Å². The van der Waals surface area contributed by atoms with Gasteiger partial charge in [0.15, 0.2) is 0 Å². The van der Waals surface area contributed by atoms with E-state index in [-0.39, 0.29) is 0 Å². The molecule has 0 spiro atoms. The molecule has 0 radical (unpaired) electrons. The number of aliphatic hydroxyl groups excluding tert-OH is 3. The molecule has 0 amide bonds. The minimum atomic E-state index is -9.72. The van der Waals surface area contributed by atoms with Gasteiger partial charge in [0.2, 0.25) is 0 Å². The van der Waals surface area contributed by atoms with Crippen LogP contribution in [0.2, 0.25) is 0 Å². The molecule has 2 unspecified atom stereocenters. The highest BCUT2D eigenvalue weighted by molar-refractivity contribution is 7.90. The third-order valence-corrected chi connectivity index (χ3v) is 10.7. The fourth-order valence-corrected chi connectivity index (χ4v) is 6.67. The summed E-state index contributed by atoms with van der Waals surface area (Å²) in [6.07, 6.45) is -12.8. The third kappa shape index (κ3) is 9.13. The van der Waals surface area contributed by atoms with Crippen molar-refractivity contribution in [2.45, 2.75) is 89.7 Å². The maximum atomic E-state index is 15.1. The van der Waals surface area contributed by atoms with Gasteiger partial charge in [-0.25, -0.2) is 8.42 Å². The Morgan fingerprint density at radius 3 is 1.17 bits per heavy atom. The molecule has 10 nitrogen and oxygen atoms in total. The van der Waals surface area contributed by atoms with Crippen LogP contribution in [0.3, 0.4) is 0 Å². The van der Waals surface area contributed by atoms with Gasteiger partial charge in [0, 0.05) is 13.0 Å². The van der Waals surface area contributed by atoms with Crippen molar-refractivity contribution in [1.29, 1.82) is 0 Å². The smallest absolute Gasteiger partial charge is 0.395 e. The molecule has 4 N–H and O–H groups in total. The van der Waals surface area contributed by atoms with Gasteiger partial charge in [-0.3, -0.25) is 4.55 Å². The van der Waals surface area contributed by atoms with Crippen molar-refractivity contribution < 1.29 is 142 Å². The van der Waals surface area contributed by atoms with E-state index in [1.165, 1.54) is 0 Å². The maximum absolute atomic E-state index is 15.1.